The molecule has 4 heteroatoms. The summed E-state index contributed by atoms with van der Waals surface area (Å²) in [6.45, 7) is 9.76. The highest BCUT2D eigenvalue weighted by Crippen LogP contribution is 2.37. The Morgan fingerprint density at radius 3 is 2.00 bits per heavy atom. The monoisotopic (exact) mass is 296 g/mol. The Labute approximate surface area is 131 Å². The van der Waals surface area contributed by atoms with E-state index < -0.39 is 7.12 Å². The molecule has 1 aliphatic rings. The van der Waals surface area contributed by atoms with Crippen LogP contribution in [0, 0.1) is 0 Å². The summed E-state index contributed by atoms with van der Waals surface area (Å²) in [4.78, 5) is 11.8. The van der Waals surface area contributed by atoms with Crippen molar-refractivity contribution in [2.45, 2.75) is 45.8 Å². The number of hydrogen-bond acceptors (Lipinski definition) is 3. The van der Waals surface area contributed by atoms with Crippen LogP contribution in [-0.2, 0) is 9.31 Å². The van der Waals surface area contributed by atoms with Crippen molar-refractivity contribution in [3.8, 4) is 0 Å². The van der Waals surface area contributed by atoms with E-state index in [9.17, 15) is 4.79 Å². The summed E-state index contributed by atoms with van der Waals surface area (Å²) < 4.78 is 12.3. The fourth-order valence-corrected chi connectivity index (χ4v) is 2.80. The number of carbonyl (C=O) groups is 1. The average molecular weight is 296 g/mol. The van der Waals surface area contributed by atoms with E-state index in [1.807, 2.05) is 64.1 Å². The molecule has 0 amide bonds. The maximum absolute atomic E-state index is 11.8. The van der Waals surface area contributed by atoms with Gasteiger partial charge in [0.2, 0.25) is 0 Å². The lowest BCUT2D eigenvalue weighted by Crippen LogP contribution is -2.41. The molecule has 114 valence electrons. The zero-order valence-electron chi connectivity index (χ0n) is 13.8. The number of ketones is 1. The van der Waals surface area contributed by atoms with Crippen molar-refractivity contribution in [2.24, 2.45) is 0 Å². The van der Waals surface area contributed by atoms with Crippen LogP contribution in [0.5, 0.6) is 0 Å². The van der Waals surface area contributed by atoms with Crippen LogP contribution < -0.4 is 5.46 Å². The number of benzene rings is 2. The number of carbonyl (C=O) groups excluding carboxylic acids is 1. The predicted octanol–water partition coefficient (Wildman–Crippen LogP) is 3.34. The molecule has 2 aromatic rings. The lowest BCUT2D eigenvalue weighted by molar-refractivity contribution is 0.00578. The van der Waals surface area contributed by atoms with E-state index in [1.165, 1.54) is 0 Å². The number of hydrogen-bond donors (Lipinski definition) is 0. The van der Waals surface area contributed by atoms with E-state index in [4.69, 9.17) is 9.31 Å². The SMILES string of the molecule is CC(=O)c1ccc(B2OC(C)(C)C(C)(C)O2)c2ccccc12. The minimum Gasteiger partial charge on any atom is -0.399 e. The van der Waals surface area contributed by atoms with Gasteiger partial charge in [-0.2, -0.15) is 0 Å². The standard InChI is InChI=1S/C18H21BO3/c1-12(20)13-10-11-16(15-9-7-6-8-14(13)15)19-21-17(2,3)18(4,5)22-19/h6-11H,1-5H3. The maximum Gasteiger partial charge on any atom is 0.495 e. The van der Waals surface area contributed by atoms with Gasteiger partial charge in [-0.1, -0.05) is 36.4 Å². The quantitative estimate of drug-likeness (QED) is 0.630. The second-order valence-corrected chi connectivity index (χ2v) is 6.89. The lowest BCUT2D eigenvalue weighted by atomic mass is 9.75. The molecule has 0 aliphatic carbocycles. The van der Waals surface area contributed by atoms with Crippen LogP contribution in [0.1, 0.15) is 45.0 Å². The molecule has 3 rings (SSSR count). The first-order valence-electron chi connectivity index (χ1n) is 7.61. The molecule has 3 nitrogen and oxygen atoms in total. The normalized spacial score (nSPS) is 19.6. The highest BCUT2D eigenvalue weighted by Gasteiger charge is 2.52. The Morgan fingerprint density at radius 1 is 0.909 bits per heavy atom. The molecule has 22 heavy (non-hydrogen) atoms. The van der Waals surface area contributed by atoms with Crippen LogP contribution in [0.4, 0.5) is 0 Å². The topological polar surface area (TPSA) is 35.5 Å². The molecule has 1 fully saturated rings. The van der Waals surface area contributed by atoms with Crippen LogP contribution in [-0.4, -0.2) is 24.1 Å². The Balaban J connectivity index is 2.14. The second kappa shape index (κ2) is 4.93. The molecule has 1 heterocycles. The Bertz CT molecular complexity index is 733. The number of rotatable bonds is 2. The van der Waals surface area contributed by atoms with Crippen LogP contribution in [0.15, 0.2) is 36.4 Å². The molecular formula is C18H21BO3. The fourth-order valence-electron chi connectivity index (χ4n) is 2.80. The van der Waals surface area contributed by atoms with Gasteiger partial charge in [-0.05, 0) is 50.9 Å². The van der Waals surface area contributed by atoms with E-state index in [1.54, 1.807) is 6.92 Å². The van der Waals surface area contributed by atoms with E-state index in [2.05, 4.69) is 0 Å². The Hall–Kier alpha value is -1.65. The fraction of sp³-hybridized carbons (Fsp3) is 0.389. The van der Waals surface area contributed by atoms with Gasteiger partial charge in [-0.3, -0.25) is 4.79 Å². The first-order valence-corrected chi connectivity index (χ1v) is 7.61. The zero-order chi connectivity index (χ0) is 16.1. The molecule has 0 atom stereocenters. The van der Waals surface area contributed by atoms with Gasteiger partial charge in [0.1, 0.15) is 0 Å². The van der Waals surface area contributed by atoms with Gasteiger partial charge in [0.25, 0.3) is 0 Å². The van der Waals surface area contributed by atoms with E-state index in [0.717, 1.165) is 21.8 Å². The van der Waals surface area contributed by atoms with Crippen molar-refractivity contribution in [2.75, 3.05) is 0 Å². The number of Topliss-reactive ketones (excluding diaryl/α,β-unsaturated/α-hetero) is 1. The largest absolute Gasteiger partial charge is 0.495 e. The van der Waals surface area contributed by atoms with Crippen molar-refractivity contribution >= 4 is 29.1 Å². The average Bonchev–Trinajstić information content (AvgIpc) is 2.65. The molecule has 0 unspecified atom stereocenters. The summed E-state index contributed by atoms with van der Waals surface area (Å²) in [5.41, 5.74) is 0.950. The summed E-state index contributed by atoms with van der Waals surface area (Å²) in [6.07, 6.45) is 0. The molecule has 0 radical (unpaired) electrons. The summed E-state index contributed by atoms with van der Waals surface area (Å²) in [5.74, 6) is 0.0664. The van der Waals surface area contributed by atoms with Crippen molar-refractivity contribution in [3.63, 3.8) is 0 Å². The summed E-state index contributed by atoms with van der Waals surface area (Å²) in [6, 6.07) is 11.7. The van der Waals surface area contributed by atoms with Gasteiger partial charge in [-0.25, -0.2) is 0 Å². The van der Waals surface area contributed by atoms with E-state index >= 15 is 0 Å². The summed E-state index contributed by atoms with van der Waals surface area (Å²) in [5, 5.41) is 1.95. The highest BCUT2D eigenvalue weighted by atomic mass is 16.7. The second-order valence-electron chi connectivity index (χ2n) is 6.89. The Kier molecular flexibility index (Phi) is 3.42. The highest BCUT2D eigenvalue weighted by molar-refractivity contribution is 6.65. The first-order chi connectivity index (χ1) is 10.2. The lowest BCUT2D eigenvalue weighted by Gasteiger charge is -2.32. The van der Waals surface area contributed by atoms with Crippen molar-refractivity contribution in [1.82, 2.24) is 0 Å². The maximum atomic E-state index is 11.8. The number of fused-ring (bicyclic) bond motifs is 1. The van der Waals surface area contributed by atoms with E-state index in [-0.39, 0.29) is 17.0 Å². The third kappa shape index (κ3) is 2.27. The summed E-state index contributed by atoms with van der Waals surface area (Å²) >= 11 is 0. The first kappa shape index (κ1) is 15.3. The molecule has 0 N–H and O–H groups in total. The molecule has 1 aliphatic heterocycles. The zero-order valence-corrected chi connectivity index (χ0v) is 13.8. The Morgan fingerprint density at radius 2 is 1.45 bits per heavy atom. The third-order valence-corrected chi connectivity index (χ3v) is 4.84. The van der Waals surface area contributed by atoms with Gasteiger partial charge in [-0.15, -0.1) is 0 Å². The smallest absolute Gasteiger partial charge is 0.399 e. The van der Waals surface area contributed by atoms with Gasteiger partial charge in [0.05, 0.1) is 11.2 Å². The van der Waals surface area contributed by atoms with E-state index in [0.29, 0.717) is 0 Å². The van der Waals surface area contributed by atoms with Crippen molar-refractivity contribution in [1.29, 1.82) is 0 Å². The molecule has 1 saturated heterocycles. The molecule has 0 spiro atoms. The molecule has 0 saturated carbocycles. The van der Waals surface area contributed by atoms with Crippen LogP contribution in [0.25, 0.3) is 10.8 Å². The minimum atomic E-state index is -0.420. The van der Waals surface area contributed by atoms with Crippen LogP contribution >= 0.6 is 0 Å². The third-order valence-electron chi connectivity index (χ3n) is 4.84. The van der Waals surface area contributed by atoms with Gasteiger partial charge in [0, 0.05) is 5.56 Å². The molecule has 2 aromatic carbocycles. The van der Waals surface area contributed by atoms with Gasteiger partial charge in [0.15, 0.2) is 5.78 Å². The minimum absolute atomic E-state index is 0.0664. The molecule has 0 aromatic heterocycles. The van der Waals surface area contributed by atoms with Crippen LogP contribution in [0.3, 0.4) is 0 Å². The summed E-state index contributed by atoms with van der Waals surface area (Å²) in [7, 11) is -0.420. The van der Waals surface area contributed by atoms with Crippen LogP contribution in [0.2, 0.25) is 0 Å². The predicted molar refractivity (Wildman–Crippen MR) is 89.7 cm³/mol. The molecular weight excluding hydrogens is 275 g/mol. The van der Waals surface area contributed by atoms with Crippen molar-refractivity contribution < 1.29 is 14.1 Å². The van der Waals surface area contributed by atoms with Crippen molar-refractivity contribution in [3.05, 3.63) is 42.0 Å². The van der Waals surface area contributed by atoms with Gasteiger partial charge < -0.3 is 9.31 Å². The van der Waals surface area contributed by atoms with Gasteiger partial charge >= 0.3 is 7.12 Å². The molecule has 0 bridgehead atoms.